The van der Waals surface area contributed by atoms with Crippen LogP contribution in [0.5, 0.6) is 0 Å². The molecule has 0 radical (unpaired) electrons. The van der Waals surface area contributed by atoms with E-state index >= 15 is 0 Å². The molecule has 2 rings (SSSR count). The summed E-state index contributed by atoms with van der Waals surface area (Å²) >= 11 is 0. The Kier molecular flexibility index (Phi) is 9.16. The number of aliphatic hydroxyl groups is 2. The highest BCUT2D eigenvalue weighted by atomic mass is 16.5. The fraction of sp³-hybridized carbons (Fsp3) is 0.720. The van der Waals surface area contributed by atoms with Crippen molar-refractivity contribution in [3.63, 3.8) is 0 Å². The highest BCUT2D eigenvalue weighted by molar-refractivity contribution is 5.85. The molecule has 0 aromatic heterocycles. The van der Waals surface area contributed by atoms with Gasteiger partial charge in [-0.2, -0.15) is 0 Å². The molecule has 1 saturated carbocycles. The molecule has 2 aliphatic rings. The Hall–Kier alpha value is -1.39. The van der Waals surface area contributed by atoms with E-state index in [1.807, 2.05) is 6.08 Å². The van der Waals surface area contributed by atoms with Gasteiger partial charge in [-0.05, 0) is 61.9 Å². The molecule has 0 saturated heterocycles. The number of hydrogen-bond acceptors (Lipinski definition) is 4. The van der Waals surface area contributed by atoms with E-state index in [-0.39, 0.29) is 13.2 Å². The van der Waals surface area contributed by atoms with Crippen molar-refractivity contribution in [1.29, 1.82) is 0 Å². The number of ether oxygens (including phenoxy) is 1. The van der Waals surface area contributed by atoms with Crippen LogP contribution in [0.1, 0.15) is 79.1 Å². The van der Waals surface area contributed by atoms with Crippen molar-refractivity contribution < 1.29 is 19.7 Å². The number of carbonyl (C=O) groups is 1. The zero-order valence-electron chi connectivity index (χ0n) is 18.7. The fourth-order valence-electron chi connectivity index (χ4n) is 5.06. The second-order valence-corrected chi connectivity index (χ2v) is 9.65. The molecule has 0 spiro atoms. The number of allylic oxidation sites excluding steroid dienone is 2. The highest BCUT2D eigenvalue weighted by Crippen LogP contribution is 2.46. The summed E-state index contributed by atoms with van der Waals surface area (Å²) in [4.78, 5) is 11.3. The normalized spacial score (nSPS) is 27.7. The maximum Gasteiger partial charge on any atom is 0.331 e. The molecular formula is C25H40O4. The van der Waals surface area contributed by atoms with E-state index in [9.17, 15) is 15.0 Å². The average Bonchev–Trinajstić information content (AvgIpc) is 3.03. The molecule has 0 aromatic carbocycles. The van der Waals surface area contributed by atoms with Crippen LogP contribution in [-0.2, 0) is 9.53 Å². The minimum atomic E-state index is -0.396. The highest BCUT2D eigenvalue weighted by Gasteiger charge is 2.36. The number of cyclic esters (lactones) is 1. The molecule has 164 valence electrons. The molecule has 1 aliphatic carbocycles. The fourth-order valence-corrected chi connectivity index (χ4v) is 5.06. The predicted octanol–water partition coefficient (Wildman–Crippen LogP) is 5.11. The summed E-state index contributed by atoms with van der Waals surface area (Å²) in [7, 11) is 0. The first-order valence-electron chi connectivity index (χ1n) is 11.2. The van der Waals surface area contributed by atoms with Gasteiger partial charge in [-0.1, -0.05) is 51.3 Å². The molecule has 3 atom stereocenters. The lowest BCUT2D eigenvalue weighted by Gasteiger charge is -2.43. The average molecular weight is 405 g/mol. The van der Waals surface area contributed by atoms with Crippen LogP contribution in [0.3, 0.4) is 0 Å². The summed E-state index contributed by atoms with van der Waals surface area (Å²) in [5, 5.41) is 18.9. The van der Waals surface area contributed by atoms with Gasteiger partial charge in [0.1, 0.15) is 6.10 Å². The molecule has 4 heteroatoms. The van der Waals surface area contributed by atoms with Crippen LogP contribution >= 0.6 is 0 Å². The minimum absolute atomic E-state index is 0.0134. The van der Waals surface area contributed by atoms with Crippen LogP contribution in [0, 0.1) is 17.3 Å². The van der Waals surface area contributed by atoms with Gasteiger partial charge in [-0.3, -0.25) is 0 Å². The van der Waals surface area contributed by atoms with Crippen LogP contribution in [0.15, 0.2) is 34.9 Å². The molecular weight excluding hydrogens is 364 g/mol. The zero-order valence-corrected chi connectivity index (χ0v) is 18.7. The third kappa shape index (κ3) is 7.11. The van der Waals surface area contributed by atoms with Crippen molar-refractivity contribution in [1.82, 2.24) is 0 Å². The second kappa shape index (κ2) is 11.1. The maximum atomic E-state index is 11.3. The van der Waals surface area contributed by atoms with Gasteiger partial charge in [0, 0.05) is 18.1 Å². The second-order valence-electron chi connectivity index (χ2n) is 9.65. The lowest BCUT2D eigenvalue weighted by molar-refractivity contribution is -0.138. The van der Waals surface area contributed by atoms with Crippen molar-refractivity contribution in [2.75, 3.05) is 13.2 Å². The van der Waals surface area contributed by atoms with Crippen LogP contribution in [-0.4, -0.2) is 35.5 Å². The zero-order chi connectivity index (χ0) is 21.4. The summed E-state index contributed by atoms with van der Waals surface area (Å²) in [6.07, 6.45) is 13.9. The SMILES string of the molecule is C/C(=C\CC/C(=C\C[C@H]1OC(=O)C=C1CO)CO)CCC1C(C)CCCC1(C)C. The van der Waals surface area contributed by atoms with Crippen molar-refractivity contribution in [3.05, 3.63) is 34.9 Å². The Balaban J connectivity index is 1.79. The number of carbonyl (C=O) groups excluding carboxylic acids is 1. The van der Waals surface area contributed by atoms with Crippen LogP contribution in [0.2, 0.25) is 0 Å². The number of hydrogen-bond donors (Lipinski definition) is 2. The quantitative estimate of drug-likeness (QED) is 0.392. The lowest BCUT2D eigenvalue weighted by atomic mass is 9.62. The molecule has 1 fully saturated rings. The molecule has 2 unspecified atom stereocenters. The third-order valence-corrected chi connectivity index (χ3v) is 6.96. The summed E-state index contributed by atoms with van der Waals surface area (Å²) in [6.45, 7) is 9.35. The molecule has 1 heterocycles. The van der Waals surface area contributed by atoms with Gasteiger partial charge in [-0.15, -0.1) is 0 Å². The summed E-state index contributed by atoms with van der Waals surface area (Å²) in [5.41, 5.74) is 3.46. The monoisotopic (exact) mass is 404 g/mol. The van der Waals surface area contributed by atoms with E-state index in [4.69, 9.17) is 4.74 Å². The van der Waals surface area contributed by atoms with Crippen LogP contribution < -0.4 is 0 Å². The topological polar surface area (TPSA) is 66.8 Å². The Morgan fingerprint density at radius 2 is 2.03 bits per heavy atom. The third-order valence-electron chi connectivity index (χ3n) is 6.96. The van der Waals surface area contributed by atoms with E-state index in [2.05, 4.69) is 33.8 Å². The van der Waals surface area contributed by atoms with E-state index in [1.54, 1.807) is 0 Å². The molecule has 0 amide bonds. The predicted molar refractivity (Wildman–Crippen MR) is 117 cm³/mol. The lowest BCUT2D eigenvalue weighted by Crippen LogP contribution is -2.33. The summed E-state index contributed by atoms with van der Waals surface area (Å²) in [5.74, 6) is 1.22. The Morgan fingerprint density at radius 1 is 1.28 bits per heavy atom. The van der Waals surface area contributed by atoms with Gasteiger partial charge in [0.2, 0.25) is 0 Å². The van der Waals surface area contributed by atoms with E-state index in [0.29, 0.717) is 17.4 Å². The Bertz CT molecular complexity index is 641. The van der Waals surface area contributed by atoms with Crippen molar-refractivity contribution in [2.24, 2.45) is 17.3 Å². The largest absolute Gasteiger partial charge is 0.454 e. The molecule has 0 aromatic rings. The molecule has 2 N–H and O–H groups in total. The first-order chi connectivity index (χ1) is 13.8. The van der Waals surface area contributed by atoms with Gasteiger partial charge < -0.3 is 14.9 Å². The van der Waals surface area contributed by atoms with Gasteiger partial charge in [0.25, 0.3) is 0 Å². The first-order valence-corrected chi connectivity index (χ1v) is 11.2. The van der Waals surface area contributed by atoms with Gasteiger partial charge in [0.15, 0.2) is 0 Å². The van der Waals surface area contributed by atoms with E-state index < -0.39 is 12.1 Å². The number of esters is 1. The number of rotatable bonds is 10. The van der Waals surface area contributed by atoms with E-state index in [1.165, 1.54) is 37.3 Å². The smallest absolute Gasteiger partial charge is 0.331 e. The van der Waals surface area contributed by atoms with Crippen molar-refractivity contribution in [2.45, 2.75) is 85.2 Å². The minimum Gasteiger partial charge on any atom is -0.454 e. The molecule has 1 aliphatic heterocycles. The Morgan fingerprint density at radius 3 is 2.69 bits per heavy atom. The van der Waals surface area contributed by atoms with Crippen LogP contribution in [0.25, 0.3) is 0 Å². The maximum absolute atomic E-state index is 11.3. The number of aliphatic hydroxyl groups excluding tert-OH is 2. The van der Waals surface area contributed by atoms with Crippen LogP contribution in [0.4, 0.5) is 0 Å². The molecule has 0 bridgehead atoms. The summed E-state index contributed by atoms with van der Waals surface area (Å²) in [6, 6.07) is 0. The molecule has 4 nitrogen and oxygen atoms in total. The van der Waals surface area contributed by atoms with E-state index in [0.717, 1.165) is 36.7 Å². The van der Waals surface area contributed by atoms with Crippen molar-refractivity contribution >= 4 is 5.97 Å². The van der Waals surface area contributed by atoms with Gasteiger partial charge >= 0.3 is 5.97 Å². The van der Waals surface area contributed by atoms with Gasteiger partial charge in [-0.25, -0.2) is 4.79 Å². The Labute approximate surface area is 176 Å². The van der Waals surface area contributed by atoms with Gasteiger partial charge in [0.05, 0.1) is 13.2 Å². The summed E-state index contributed by atoms with van der Waals surface area (Å²) < 4.78 is 5.19. The molecule has 29 heavy (non-hydrogen) atoms. The standard InChI is InChI=1S/C25H40O4/c1-18(10-12-22-19(2)8-6-14-25(22,3)4)7-5-9-20(16-26)11-13-23-21(17-27)15-24(28)29-23/h7,11,15,19,22-23,26-27H,5-6,8-10,12-14,16-17H2,1-4H3/b18-7+,20-11+/t19?,22?,23-/m1/s1. The van der Waals surface area contributed by atoms with Crippen molar-refractivity contribution in [3.8, 4) is 0 Å². The first kappa shape index (κ1) is 23.9.